The molecule has 3 aliphatic carbocycles. The Bertz CT molecular complexity index is 827. The van der Waals surface area contributed by atoms with E-state index in [1.807, 2.05) is 6.07 Å². The van der Waals surface area contributed by atoms with E-state index < -0.39 is 0 Å². The number of carbonyl (C=O) groups is 1. The molecule has 0 radical (unpaired) electrons. The number of rotatable bonds is 3. The predicted octanol–water partition coefficient (Wildman–Crippen LogP) is 3.90. The molecular formula is C20H25N3O2. The Morgan fingerprint density at radius 3 is 2.92 bits per heavy atom. The van der Waals surface area contributed by atoms with Crippen LogP contribution in [0.2, 0.25) is 0 Å². The quantitative estimate of drug-likeness (QED) is 0.921. The number of fused-ring (bicyclic) bond motifs is 6. The summed E-state index contributed by atoms with van der Waals surface area (Å²) in [6.45, 7) is 4.13. The second-order valence-electron chi connectivity index (χ2n) is 8.53. The summed E-state index contributed by atoms with van der Waals surface area (Å²) in [5.41, 5.74) is 1.99. The summed E-state index contributed by atoms with van der Waals surface area (Å²) in [5, 5.41) is 8.26. The second kappa shape index (κ2) is 5.55. The molecule has 132 valence electrons. The van der Waals surface area contributed by atoms with E-state index in [0.29, 0.717) is 23.2 Å². The number of hydrogen-bond acceptors (Lipinski definition) is 4. The van der Waals surface area contributed by atoms with Crippen molar-refractivity contribution in [2.24, 2.45) is 23.7 Å². The van der Waals surface area contributed by atoms with Gasteiger partial charge in [-0.3, -0.25) is 4.79 Å². The van der Waals surface area contributed by atoms with Crippen molar-refractivity contribution in [3.63, 3.8) is 0 Å². The molecule has 5 nitrogen and oxygen atoms in total. The van der Waals surface area contributed by atoms with E-state index in [0.717, 1.165) is 35.3 Å². The van der Waals surface area contributed by atoms with Crippen LogP contribution in [0.1, 0.15) is 67.9 Å². The molecule has 3 aliphatic rings. The van der Waals surface area contributed by atoms with Crippen LogP contribution >= 0.6 is 0 Å². The molecule has 1 N–H and O–H groups in total. The maximum atomic E-state index is 12.8. The summed E-state index contributed by atoms with van der Waals surface area (Å²) in [6.07, 6.45) is 8.26. The molecule has 25 heavy (non-hydrogen) atoms. The Hall–Kier alpha value is -1.91. The number of amides is 1. The second-order valence-corrected chi connectivity index (χ2v) is 8.53. The zero-order chi connectivity index (χ0) is 17.1. The number of hydrogen-bond donors (Lipinski definition) is 1. The third kappa shape index (κ3) is 2.31. The van der Waals surface area contributed by atoms with E-state index >= 15 is 0 Å². The van der Waals surface area contributed by atoms with Gasteiger partial charge in [-0.2, -0.15) is 0 Å². The zero-order valence-corrected chi connectivity index (χ0v) is 14.9. The molecule has 2 bridgehead atoms. The van der Waals surface area contributed by atoms with Gasteiger partial charge >= 0.3 is 0 Å². The number of nitrogens with one attached hydrogen (secondary N) is 1. The summed E-state index contributed by atoms with van der Waals surface area (Å²) in [7, 11) is 0. The molecule has 0 unspecified atom stereocenters. The van der Waals surface area contributed by atoms with Crippen LogP contribution in [-0.2, 0) is 0 Å². The van der Waals surface area contributed by atoms with Crippen LogP contribution in [0.3, 0.4) is 0 Å². The minimum atomic E-state index is -0.00240. The fraction of sp³-hybridized carbons (Fsp3) is 0.650. The van der Waals surface area contributed by atoms with Crippen molar-refractivity contribution in [1.82, 2.24) is 15.5 Å². The average Bonchev–Trinajstić information content (AvgIpc) is 3.34. The molecule has 5 rings (SSSR count). The lowest BCUT2D eigenvalue weighted by molar-refractivity contribution is 0.0901. The monoisotopic (exact) mass is 339 g/mol. The number of aromatic nitrogens is 2. The van der Waals surface area contributed by atoms with Gasteiger partial charge in [0.15, 0.2) is 0 Å². The molecule has 3 fully saturated rings. The first kappa shape index (κ1) is 15.4. The third-order valence-corrected chi connectivity index (χ3v) is 6.91. The van der Waals surface area contributed by atoms with Gasteiger partial charge in [-0.15, -0.1) is 0 Å². The van der Waals surface area contributed by atoms with Crippen molar-refractivity contribution in [3.8, 4) is 0 Å². The molecular weight excluding hydrogens is 314 g/mol. The van der Waals surface area contributed by atoms with Crippen LogP contribution in [0.5, 0.6) is 0 Å². The first-order valence-corrected chi connectivity index (χ1v) is 9.68. The van der Waals surface area contributed by atoms with Gasteiger partial charge in [-0.25, -0.2) is 4.98 Å². The van der Waals surface area contributed by atoms with Crippen molar-refractivity contribution in [2.75, 3.05) is 0 Å². The van der Waals surface area contributed by atoms with E-state index in [2.05, 4.69) is 29.3 Å². The summed E-state index contributed by atoms with van der Waals surface area (Å²) in [6, 6.07) is 2.23. The lowest BCUT2D eigenvalue weighted by Crippen LogP contribution is -2.42. The smallest absolute Gasteiger partial charge is 0.257 e. The molecule has 3 saturated carbocycles. The largest absolute Gasteiger partial charge is 0.349 e. The van der Waals surface area contributed by atoms with Crippen LogP contribution in [0.25, 0.3) is 11.1 Å². The molecule has 2 aromatic heterocycles. The average molecular weight is 339 g/mol. The molecule has 2 heterocycles. The number of pyridine rings is 1. The Balaban J connectivity index is 1.36. The van der Waals surface area contributed by atoms with E-state index in [-0.39, 0.29) is 11.8 Å². The number of nitrogens with zero attached hydrogens (tertiary/aromatic N) is 2. The summed E-state index contributed by atoms with van der Waals surface area (Å²) < 4.78 is 5.27. The topological polar surface area (TPSA) is 68.0 Å². The Morgan fingerprint density at radius 1 is 1.24 bits per heavy atom. The van der Waals surface area contributed by atoms with E-state index in [4.69, 9.17) is 4.52 Å². The lowest BCUT2D eigenvalue weighted by Gasteiger charge is -2.32. The maximum absolute atomic E-state index is 12.8. The normalized spacial score (nSPS) is 33.3. The minimum Gasteiger partial charge on any atom is -0.349 e. The lowest BCUT2D eigenvalue weighted by atomic mass is 9.79. The predicted molar refractivity (Wildman–Crippen MR) is 94.2 cm³/mol. The first-order valence-electron chi connectivity index (χ1n) is 9.68. The van der Waals surface area contributed by atoms with Crippen molar-refractivity contribution in [2.45, 2.75) is 57.9 Å². The fourth-order valence-electron chi connectivity index (χ4n) is 5.88. The molecule has 5 atom stereocenters. The zero-order valence-electron chi connectivity index (χ0n) is 14.9. The number of carbonyl (C=O) groups excluding carboxylic acids is 1. The van der Waals surface area contributed by atoms with Gasteiger partial charge < -0.3 is 9.84 Å². The van der Waals surface area contributed by atoms with Crippen molar-refractivity contribution in [3.05, 3.63) is 23.5 Å². The molecule has 0 aliphatic heterocycles. The van der Waals surface area contributed by atoms with Crippen LogP contribution in [0.4, 0.5) is 0 Å². The van der Waals surface area contributed by atoms with Crippen molar-refractivity contribution < 1.29 is 9.32 Å². The van der Waals surface area contributed by atoms with Crippen LogP contribution in [0.15, 0.2) is 16.8 Å². The van der Waals surface area contributed by atoms with Gasteiger partial charge in [0.05, 0.1) is 16.6 Å². The summed E-state index contributed by atoms with van der Waals surface area (Å²) in [4.78, 5) is 17.1. The van der Waals surface area contributed by atoms with Crippen LogP contribution in [-0.4, -0.2) is 22.1 Å². The van der Waals surface area contributed by atoms with Gasteiger partial charge in [0.25, 0.3) is 11.6 Å². The van der Waals surface area contributed by atoms with Crippen LogP contribution in [0, 0.1) is 23.7 Å². The van der Waals surface area contributed by atoms with Gasteiger partial charge in [-0.05, 0) is 61.3 Å². The molecule has 0 spiro atoms. The van der Waals surface area contributed by atoms with E-state index in [1.165, 1.54) is 25.7 Å². The molecule has 2 aromatic rings. The van der Waals surface area contributed by atoms with Crippen molar-refractivity contribution in [1.29, 1.82) is 0 Å². The Morgan fingerprint density at radius 2 is 2.08 bits per heavy atom. The molecule has 5 heteroatoms. The molecule has 0 aromatic carbocycles. The highest BCUT2D eigenvalue weighted by atomic mass is 16.5. The first-order chi connectivity index (χ1) is 12.1. The van der Waals surface area contributed by atoms with Crippen molar-refractivity contribution >= 4 is 17.0 Å². The highest BCUT2D eigenvalue weighted by molar-refractivity contribution is 5.97. The summed E-state index contributed by atoms with van der Waals surface area (Å²) >= 11 is 0. The SMILES string of the molecule is CC(C)c1noc2ncc(C(=O)N[C@@H]3C[C@H]4C[C@H]3[C@@H]3CCC[C@H]43)cc12. The Kier molecular flexibility index (Phi) is 3.41. The summed E-state index contributed by atoms with van der Waals surface area (Å²) in [5.74, 6) is 3.58. The highest BCUT2D eigenvalue weighted by Gasteiger charge is 2.54. The van der Waals surface area contributed by atoms with Gasteiger partial charge in [0.1, 0.15) is 0 Å². The van der Waals surface area contributed by atoms with Gasteiger partial charge in [-0.1, -0.05) is 25.4 Å². The standard InChI is InChI=1S/C20H25N3O2/c1-10(2)18-16-7-12(9-21-20(16)25-23-18)19(24)22-17-8-11-6-15(17)14-5-3-4-13(11)14/h7,9-11,13-15,17H,3-6,8H2,1-2H3,(H,22,24)/t11-,13-,14-,15+,17-/m1/s1. The fourth-order valence-corrected chi connectivity index (χ4v) is 5.88. The minimum absolute atomic E-state index is 0.00240. The Labute approximate surface area is 147 Å². The van der Waals surface area contributed by atoms with Gasteiger partial charge in [0.2, 0.25) is 0 Å². The van der Waals surface area contributed by atoms with E-state index in [1.54, 1.807) is 6.20 Å². The molecule has 0 saturated heterocycles. The van der Waals surface area contributed by atoms with E-state index in [9.17, 15) is 4.79 Å². The van der Waals surface area contributed by atoms with Crippen LogP contribution < -0.4 is 5.32 Å². The third-order valence-electron chi connectivity index (χ3n) is 6.91. The van der Waals surface area contributed by atoms with Gasteiger partial charge in [0, 0.05) is 12.2 Å². The highest BCUT2D eigenvalue weighted by Crippen LogP contribution is 2.58. The molecule has 1 amide bonds. The maximum Gasteiger partial charge on any atom is 0.257 e.